The van der Waals surface area contributed by atoms with Crippen LogP contribution < -0.4 is 5.73 Å². The van der Waals surface area contributed by atoms with Crippen molar-refractivity contribution in [1.29, 1.82) is 0 Å². The second kappa shape index (κ2) is 5.25. The van der Waals surface area contributed by atoms with Crippen LogP contribution in [-0.4, -0.2) is 25.5 Å². The van der Waals surface area contributed by atoms with Crippen LogP contribution >= 0.6 is 11.3 Å². The molecule has 0 aliphatic heterocycles. The van der Waals surface area contributed by atoms with E-state index in [4.69, 9.17) is 10.6 Å². The van der Waals surface area contributed by atoms with E-state index in [1.165, 1.54) is 11.3 Å². The van der Waals surface area contributed by atoms with Gasteiger partial charge in [-0.3, -0.25) is 0 Å². The van der Waals surface area contributed by atoms with E-state index in [9.17, 15) is 0 Å². The number of nitrogen functional groups attached to an aromatic ring is 1. The zero-order valence-electron chi connectivity index (χ0n) is 10.7. The summed E-state index contributed by atoms with van der Waals surface area (Å²) in [5, 5.41) is 16.5. The van der Waals surface area contributed by atoms with Gasteiger partial charge in [0.1, 0.15) is 0 Å². The molecule has 0 amide bonds. The van der Waals surface area contributed by atoms with Crippen LogP contribution in [0.2, 0.25) is 0 Å². The van der Waals surface area contributed by atoms with Gasteiger partial charge in [0.2, 0.25) is 10.1 Å². The molecule has 0 radical (unpaired) electrons. The second-order valence-corrected chi connectivity index (χ2v) is 5.05. The van der Waals surface area contributed by atoms with E-state index < -0.39 is 0 Å². The van der Waals surface area contributed by atoms with Crippen LogP contribution in [0.15, 0.2) is 35.5 Å². The number of anilines is 1. The van der Waals surface area contributed by atoms with Crippen molar-refractivity contribution in [3.63, 3.8) is 0 Å². The minimum absolute atomic E-state index is 0.189. The quantitative estimate of drug-likeness (QED) is 0.583. The van der Waals surface area contributed by atoms with Gasteiger partial charge in [-0.15, -0.1) is 15.3 Å². The molecular weight excluding hydrogens is 276 g/mol. The number of benzene rings is 1. The summed E-state index contributed by atoms with van der Waals surface area (Å²) in [5.74, 6) is 0.567. The molecule has 0 saturated carbocycles. The van der Waals surface area contributed by atoms with Crippen LogP contribution in [-0.2, 0) is 11.4 Å². The maximum atomic E-state index is 5.61. The highest BCUT2D eigenvalue weighted by Gasteiger charge is 2.10. The highest BCUT2D eigenvalue weighted by Crippen LogP contribution is 2.15. The number of oxime groups is 1. The molecule has 3 rings (SSSR count). The Morgan fingerprint density at radius 1 is 1.35 bits per heavy atom. The number of aromatic nitrogens is 4. The first-order chi connectivity index (χ1) is 9.74. The monoisotopic (exact) mass is 288 g/mol. The SMILES string of the molecule is C/C(=N\OCc1nnc2sc(N)nn12)c1ccccc1. The molecule has 0 atom stereocenters. The van der Waals surface area contributed by atoms with Crippen molar-refractivity contribution >= 4 is 27.1 Å². The summed E-state index contributed by atoms with van der Waals surface area (Å²) in [4.78, 5) is 5.94. The molecule has 0 unspecified atom stereocenters. The summed E-state index contributed by atoms with van der Waals surface area (Å²) in [6, 6.07) is 9.80. The average molecular weight is 288 g/mol. The second-order valence-electron chi connectivity index (χ2n) is 4.07. The van der Waals surface area contributed by atoms with E-state index in [1.807, 2.05) is 37.3 Å². The van der Waals surface area contributed by atoms with Crippen LogP contribution in [0.25, 0.3) is 4.96 Å². The normalized spacial score (nSPS) is 11.9. The van der Waals surface area contributed by atoms with Gasteiger partial charge in [-0.05, 0) is 12.5 Å². The lowest BCUT2D eigenvalue weighted by Crippen LogP contribution is -2.00. The van der Waals surface area contributed by atoms with Crippen LogP contribution in [0.3, 0.4) is 0 Å². The molecule has 2 N–H and O–H groups in total. The maximum Gasteiger partial charge on any atom is 0.236 e. The lowest BCUT2D eigenvalue weighted by Gasteiger charge is -2.00. The number of hydrogen-bond acceptors (Lipinski definition) is 7. The molecule has 1 aromatic carbocycles. The summed E-state index contributed by atoms with van der Waals surface area (Å²) >= 11 is 1.27. The zero-order chi connectivity index (χ0) is 13.9. The molecule has 2 aromatic heterocycles. The molecule has 2 heterocycles. The third-order valence-corrected chi connectivity index (χ3v) is 3.39. The Bertz CT molecular complexity index is 748. The fraction of sp³-hybridized carbons (Fsp3) is 0.167. The van der Waals surface area contributed by atoms with E-state index in [0.717, 1.165) is 11.3 Å². The van der Waals surface area contributed by atoms with Gasteiger partial charge in [0, 0.05) is 0 Å². The Morgan fingerprint density at radius 3 is 2.95 bits per heavy atom. The van der Waals surface area contributed by atoms with Crippen LogP contribution in [0.5, 0.6) is 0 Å². The van der Waals surface area contributed by atoms with Crippen molar-refractivity contribution in [1.82, 2.24) is 19.8 Å². The standard InChI is InChI=1S/C12H12N6OS/c1-8(9-5-3-2-4-6-9)17-19-7-10-14-15-12-18(10)16-11(13)20-12/h2-6H,7H2,1H3,(H2,13,16)/b17-8+. The van der Waals surface area contributed by atoms with Gasteiger partial charge in [0.05, 0.1) is 5.71 Å². The number of rotatable bonds is 4. The fourth-order valence-electron chi connectivity index (χ4n) is 1.68. The molecule has 0 aliphatic rings. The summed E-state index contributed by atoms with van der Waals surface area (Å²) in [7, 11) is 0. The third-order valence-electron chi connectivity index (χ3n) is 2.66. The molecule has 3 aromatic rings. The lowest BCUT2D eigenvalue weighted by molar-refractivity contribution is 0.123. The first-order valence-electron chi connectivity index (χ1n) is 5.92. The summed E-state index contributed by atoms with van der Waals surface area (Å²) < 4.78 is 1.56. The summed E-state index contributed by atoms with van der Waals surface area (Å²) in [5.41, 5.74) is 7.41. The minimum atomic E-state index is 0.189. The summed E-state index contributed by atoms with van der Waals surface area (Å²) in [6.45, 7) is 2.07. The van der Waals surface area contributed by atoms with Gasteiger partial charge in [-0.2, -0.15) is 4.52 Å². The number of nitrogens with zero attached hydrogens (tertiary/aromatic N) is 5. The Balaban J connectivity index is 1.70. The minimum Gasteiger partial charge on any atom is -0.387 e. The molecule has 0 fully saturated rings. The van der Waals surface area contributed by atoms with Crippen molar-refractivity contribution in [2.24, 2.45) is 5.16 Å². The van der Waals surface area contributed by atoms with Crippen molar-refractivity contribution in [2.45, 2.75) is 13.5 Å². The van der Waals surface area contributed by atoms with Crippen LogP contribution in [0.4, 0.5) is 5.13 Å². The predicted molar refractivity (Wildman–Crippen MR) is 76.5 cm³/mol. The predicted octanol–water partition coefficient (Wildman–Crippen LogP) is 1.71. The van der Waals surface area contributed by atoms with Gasteiger partial charge in [-0.1, -0.05) is 46.8 Å². The van der Waals surface area contributed by atoms with E-state index in [-0.39, 0.29) is 6.61 Å². The lowest BCUT2D eigenvalue weighted by atomic mass is 10.1. The van der Waals surface area contributed by atoms with E-state index in [1.54, 1.807) is 4.52 Å². The highest BCUT2D eigenvalue weighted by atomic mass is 32.1. The maximum absolute atomic E-state index is 5.61. The smallest absolute Gasteiger partial charge is 0.236 e. The topological polar surface area (TPSA) is 90.7 Å². The van der Waals surface area contributed by atoms with E-state index >= 15 is 0 Å². The van der Waals surface area contributed by atoms with Gasteiger partial charge in [-0.25, -0.2) is 0 Å². The molecule has 20 heavy (non-hydrogen) atoms. The van der Waals surface area contributed by atoms with E-state index in [2.05, 4.69) is 20.5 Å². The number of nitrogens with two attached hydrogens (primary N) is 1. The first kappa shape index (κ1) is 12.5. The molecule has 8 heteroatoms. The fourth-order valence-corrected chi connectivity index (χ4v) is 2.31. The highest BCUT2D eigenvalue weighted by molar-refractivity contribution is 7.20. The van der Waals surface area contributed by atoms with Crippen LogP contribution in [0.1, 0.15) is 18.3 Å². The molecule has 102 valence electrons. The molecule has 0 aliphatic carbocycles. The first-order valence-corrected chi connectivity index (χ1v) is 6.74. The van der Waals surface area contributed by atoms with Gasteiger partial charge in [0.15, 0.2) is 12.4 Å². The number of fused-ring (bicyclic) bond motifs is 1. The molecule has 0 bridgehead atoms. The zero-order valence-corrected chi connectivity index (χ0v) is 11.5. The van der Waals surface area contributed by atoms with Crippen molar-refractivity contribution in [3.8, 4) is 0 Å². The molecule has 7 nitrogen and oxygen atoms in total. The van der Waals surface area contributed by atoms with Crippen LogP contribution in [0, 0.1) is 0 Å². The largest absolute Gasteiger partial charge is 0.387 e. The van der Waals surface area contributed by atoms with Gasteiger partial charge in [0.25, 0.3) is 0 Å². The van der Waals surface area contributed by atoms with E-state index in [0.29, 0.717) is 15.9 Å². The van der Waals surface area contributed by atoms with Gasteiger partial charge < -0.3 is 10.6 Å². The molecule has 0 spiro atoms. The Kier molecular flexibility index (Phi) is 3.30. The Hall–Kier alpha value is -2.48. The molecular formula is C12H12N6OS. The Labute approximate surface area is 118 Å². The molecule has 0 saturated heterocycles. The summed E-state index contributed by atoms with van der Waals surface area (Å²) in [6.07, 6.45) is 0. The van der Waals surface area contributed by atoms with Crippen molar-refractivity contribution in [3.05, 3.63) is 41.7 Å². The average Bonchev–Trinajstić information content (AvgIpc) is 3.00. The number of hydrogen-bond donors (Lipinski definition) is 1. The third kappa shape index (κ3) is 2.45. The van der Waals surface area contributed by atoms with Crippen molar-refractivity contribution in [2.75, 3.05) is 5.73 Å². The van der Waals surface area contributed by atoms with Crippen molar-refractivity contribution < 1.29 is 4.84 Å². The van der Waals surface area contributed by atoms with Gasteiger partial charge >= 0.3 is 0 Å². The Morgan fingerprint density at radius 2 is 2.15 bits per heavy atom.